The standard InChI is InChI=1S/C25H32N2O5S/c1-19(2)32-23-13-9-20(17-24(23)31-3)10-14-25(28)26-18-21-7-11-22(12-8-21)33(29,30)27-15-5-4-6-16-27/h7-14,17,19H,4-6,15-16,18H2,1-3H3,(H,26,28)/b14-10+. The Hall–Kier alpha value is -2.84. The minimum atomic E-state index is -3.45. The van der Waals surface area contributed by atoms with Crippen LogP contribution in [0.2, 0.25) is 0 Å². The lowest BCUT2D eigenvalue weighted by atomic mass is 10.2. The van der Waals surface area contributed by atoms with Crippen molar-refractivity contribution in [2.24, 2.45) is 0 Å². The first-order valence-electron chi connectivity index (χ1n) is 11.2. The van der Waals surface area contributed by atoms with E-state index in [4.69, 9.17) is 9.47 Å². The number of amides is 1. The Kier molecular flexibility index (Phi) is 8.52. The number of nitrogens with zero attached hydrogens (tertiary/aromatic N) is 1. The van der Waals surface area contributed by atoms with Gasteiger partial charge in [-0.25, -0.2) is 8.42 Å². The number of ether oxygens (including phenoxy) is 2. The van der Waals surface area contributed by atoms with Crippen LogP contribution in [-0.4, -0.2) is 44.9 Å². The fraction of sp³-hybridized carbons (Fsp3) is 0.400. The lowest BCUT2D eigenvalue weighted by Crippen LogP contribution is -2.35. The summed E-state index contributed by atoms with van der Waals surface area (Å²) in [5, 5.41) is 2.82. The summed E-state index contributed by atoms with van der Waals surface area (Å²) in [6.45, 7) is 5.34. The third-order valence-corrected chi connectivity index (χ3v) is 7.23. The van der Waals surface area contributed by atoms with Crippen LogP contribution in [0.25, 0.3) is 6.08 Å². The van der Waals surface area contributed by atoms with E-state index in [9.17, 15) is 13.2 Å². The number of hydrogen-bond donors (Lipinski definition) is 1. The van der Waals surface area contributed by atoms with Crippen molar-refractivity contribution >= 4 is 22.0 Å². The highest BCUT2D eigenvalue weighted by Gasteiger charge is 2.25. The van der Waals surface area contributed by atoms with E-state index < -0.39 is 10.0 Å². The molecule has 1 fully saturated rings. The number of rotatable bonds is 9. The van der Waals surface area contributed by atoms with E-state index in [0.717, 1.165) is 30.4 Å². The van der Waals surface area contributed by atoms with Crippen molar-refractivity contribution in [2.45, 2.75) is 50.7 Å². The summed E-state index contributed by atoms with van der Waals surface area (Å²) in [5.74, 6) is 1.01. The van der Waals surface area contributed by atoms with Crippen LogP contribution in [0, 0.1) is 0 Å². The van der Waals surface area contributed by atoms with Crippen LogP contribution in [0.15, 0.2) is 53.4 Å². The van der Waals surface area contributed by atoms with E-state index in [1.54, 1.807) is 41.8 Å². The van der Waals surface area contributed by atoms with Crippen LogP contribution >= 0.6 is 0 Å². The van der Waals surface area contributed by atoms with Gasteiger partial charge in [-0.3, -0.25) is 4.79 Å². The molecule has 1 N–H and O–H groups in total. The highest BCUT2D eigenvalue weighted by Crippen LogP contribution is 2.29. The maximum atomic E-state index is 12.7. The van der Waals surface area contributed by atoms with Crippen LogP contribution < -0.4 is 14.8 Å². The molecule has 0 aliphatic carbocycles. The van der Waals surface area contributed by atoms with Gasteiger partial charge in [0.05, 0.1) is 18.1 Å². The summed E-state index contributed by atoms with van der Waals surface area (Å²) in [6, 6.07) is 12.2. The van der Waals surface area contributed by atoms with Gasteiger partial charge in [-0.2, -0.15) is 4.31 Å². The molecule has 0 bridgehead atoms. The average molecular weight is 473 g/mol. The Morgan fingerprint density at radius 3 is 2.39 bits per heavy atom. The lowest BCUT2D eigenvalue weighted by molar-refractivity contribution is -0.116. The molecule has 3 rings (SSSR count). The van der Waals surface area contributed by atoms with Crippen molar-refractivity contribution < 1.29 is 22.7 Å². The van der Waals surface area contributed by atoms with Crippen molar-refractivity contribution in [3.8, 4) is 11.5 Å². The fourth-order valence-corrected chi connectivity index (χ4v) is 5.11. The summed E-state index contributed by atoms with van der Waals surface area (Å²) >= 11 is 0. The maximum absolute atomic E-state index is 12.7. The molecule has 1 amide bonds. The maximum Gasteiger partial charge on any atom is 0.244 e. The van der Waals surface area contributed by atoms with Gasteiger partial charge in [-0.05, 0) is 68.2 Å². The summed E-state index contributed by atoms with van der Waals surface area (Å²) in [6.07, 6.45) is 6.06. The molecule has 1 aliphatic heterocycles. The molecule has 1 saturated heterocycles. The number of methoxy groups -OCH3 is 1. The fourth-order valence-electron chi connectivity index (χ4n) is 3.59. The second-order valence-electron chi connectivity index (χ2n) is 8.24. The van der Waals surface area contributed by atoms with E-state index in [1.165, 1.54) is 6.08 Å². The van der Waals surface area contributed by atoms with Gasteiger partial charge >= 0.3 is 0 Å². The third-order valence-electron chi connectivity index (χ3n) is 5.32. The zero-order valence-corrected chi connectivity index (χ0v) is 20.2. The predicted molar refractivity (Wildman–Crippen MR) is 129 cm³/mol. The predicted octanol–water partition coefficient (Wildman–Crippen LogP) is 3.99. The molecule has 1 aliphatic rings. The molecule has 0 atom stereocenters. The van der Waals surface area contributed by atoms with E-state index >= 15 is 0 Å². The monoisotopic (exact) mass is 472 g/mol. The Bertz CT molecular complexity index is 1070. The highest BCUT2D eigenvalue weighted by atomic mass is 32.2. The third kappa shape index (κ3) is 6.82. The van der Waals surface area contributed by atoms with E-state index in [2.05, 4.69) is 5.32 Å². The first kappa shape index (κ1) is 24.8. The second kappa shape index (κ2) is 11.3. The SMILES string of the molecule is COc1cc(/C=C/C(=O)NCc2ccc(S(=O)(=O)N3CCCCC3)cc2)ccc1OC(C)C. The van der Waals surface area contributed by atoms with Crippen molar-refractivity contribution in [3.05, 3.63) is 59.7 Å². The summed E-state index contributed by atoms with van der Waals surface area (Å²) in [4.78, 5) is 12.5. The van der Waals surface area contributed by atoms with Crippen molar-refractivity contribution in [1.29, 1.82) is 0 Å². The molecule has 8 heteroatoms. The van der Waals surface area contributed by atoms with E-state index in [0.29, 0.717) is 36.0 Å². The van der Waals surface area contributed by atoms with Crippen molar-refractivity contribution in [1.82, 2.24) is 9.62 Å². The molecular weight excluding hydrogens is 440 g/mol. The van der Waals surface area contributed by atoms with Crippen molar-refractivity contribution in [3.63, 3.8) is 0 Å². The van der Waals surface area contributed by atoms with Crippen LogP contribution in [-0.2, 0) is 21.4 Å². The molecule has 7 nitrogen and oxygen atoms in total. The Balaban J connectivity index is 1.56. The van der Waals surface area contributed by atoms with E-state index in [-0.39, 0.29) is 12.0 Å². The zero-order chi connectivity index (χ0) is 23.8. The number of nitrogens with one attached hydrogen (secondary N) is 1. The zero-order valence-electron chi connectivity index (χ0n) is 19.4. The van der Waals surface area contributed by atoms with Gasteiger partial charge in [0.25, 0.3) is 0 Å². The van der Waals surface area contributed by atoms with Crippen LogP contribution in [0.3, 0.4) is 0 Å². The number of benzene rings is 2. The first-order chi connectivity index (χ1) is 15.8. The minimum absolute atomic E-state index is 0.0324. The molecule has 1 heterocycles. The molecule has 0 spiro atoms. The number of piperidine rings is 1. The van der Waals surface area contributed by atoms with Crippen LogP contribution in [0.5, 0.6) is 11.5 Å². The molecular formula is C25H32N2O5S. The number of sulfonamides is 1. The molecule has 178 valence electrons. The number of hydrogen-bond acceptors (Lipinski definition) is 5. The molecule has 0 radical (unpaired) electrons. The van der Waals surface area contributed by atoms with Gasteiger partial charge in [0, 0.05) is 25.7 Å². The van der Waals surface area contributed by atoms with Crippen molar-refractivity contribution in [2.75, 3.05) is 20.2 Å². The minimum Gasteiger partial charge on any atom is -0.493 e. The molecule has 0 aromatic heterocycles. The molecule has 2 aromatic carbocycles. The van der Waals surface area contributed by atoms with E-state index in [1.807, 2.05) is 32.0 Å². The lowest BCUT2D eigenvalue weighted by Gasteiger charge is -2.25. The average Bonchev–Trinajstić information content (AvgIpc) is 2.82. The quantitative estimate of drug-likeness (QED) is 0.558. The molecule has 0 saturated carbocycles. The first-order valence-corrected chi connectivity index (χ1v) is 12.6. The molecule has 2 aromatic rings. The largest absolute Gasteiger partial charge is 0.493 e. The normalized spacial score (nSPS) is 15.0. The number of carbonyl (C=O) groups excluding carboxylic acids is 1. The van der Waals surface area contributed by atoms with Crippen LogP contribution in [0.4, 0.5) is 0 Å². The van der Waals surface area contributed by atoms with Gasteiger partial charge in [-0.1, -0.05) is 24.6 Å². The summed E-state index contributed by atoms with van der Waals surface area (Å²) in [5.41, 5.74) is 1.64. The summed E-state index contributed by atoms with van der Waals surface area (Å²) < 4.78 is 38.1. The molecule has 33 heavy (non-hydrogen) atoms. The summed E-state index contributed by atoms with van der Waals surface area (Å²) in [7, 11) is -1.87. The Labute approximate surface area is 196 Å². The van der Waals surface area contributed by atoms with Crippen LogP contribution in [0.1, 0.15) is 44.2 Å². The second-order valence-corrected chi connectivity index (χ2v) is 10.2. The Morgan fingerprint density at radius 1 is 1.06 bits per heavy atom. The number of carbonyl (C=O) groups is 1. The van der Waals surface area contributed by atoms with Gasteiger partial charge in [0.1, 0.15) is 0 Å². The van der Waals surface area contributed by atoms with Gasteiger partial charge < -0.3 is 14.8 Å². The topological polar surface area (TPSA) is 84.9 Å². The van der Waals surface area contributed by atoms with Gasteiger partial charge in [0.15, 0.2) is 11.5 Å². The van der Waals surface area contributed by atoms with Gasteiger partial charge in [0.2, 0.25) is 15.9 Å². The Morgan fingerprint density at radius 2 is 1.76 bits per heavy atom. The smallest absolute Gasteiger partial charge is 0.244 e. The molecule has 0 unspecified atom stereocenters. The highest BCUT2D eigenvalue weighted by molar-refractivity contribution is 7.89. The van der Waals surface area contributed by atoms with Gasteiger partial charge in [-0.15, -0.1) is 0 Å².